The predicted molar refractivity (Wildman–Crippen MR) is 248 cm³/mol. The van der Waals surface area contributed by atoms with Gasteiger partial charge in [0.1, 0.15) is 11.3 Å². The van der Waals surface area contributed by atoms with E-state index in [-0.39, 0.29) is 54.0 Å². The normalized spacial score (nSPS) is 17.5. The van der Waals surface area contributed by atoms with Crippen molar-refractivity contribution >= 4 is 56.1 Å². The van der Waals surface area contributed by atoms with Crippen LogP contribution in [-0.2, 0) is 32.7 Å². The van der Waals surface area contributed by atoms with Crippen molar-refractivity contribution < 1.29 is 36.7 Å². The van der Waals surface area contributed by atoms with E-state index in [2.05, 4.69) is 20.9 Å². The number of imide groups is 1. The summed E-state index contributed by atoms with van der Waals surface area (Å²) in [5, 5.41) is 10.1. The highest BCUT2D eigenvalue weighted by Gasteiger charge is 2.34. The van der Waals surface area contributed by atoms with Gasteiger partial charge < -0.3 is 19.8 Å². The monoisotopic (exact) mass is 921 g/mol. The lowest BCUT2D eigenvalue weighted by Gasteiger charge is -2.30. The molecule has 1 unspecified atom stereocenters. The van der Waals surface area contributed by atoms with Crippen LogP contribution in [0.1, 0.15) is 101 Å². The number of Topliss-reactive ketones (excluding diaryl/α,β-unsaturated/α-hetero) is 1. The van der Waals surface area contributed by atoms with Crippen molar-refractivity contribution in [2.45, 2.75) is 87.7 Å². The third-order valence-electron chi connectivity index (χ3n) is 12.8. The Balaban J connectivity index is 0.846. The molecule has 3 aliphatic rings. The van der Waals surface area contributed by atoms with Crippen molar-refractivity contribution in [2.24, 2.45) is 5.92 Å². The molecule has 1 atom stereocenters. The first-order chi connectivity index (χ1) is 31.5. The third kappa shape index (κ3) is 11.7. The lowest BCUT2D eigenvalue weighted by atomic mass is 9.90. The topological polar surface area (TPSA) is 167 Å². The molecule has 1 aromatic heterocycles. The number of ether oxygens (including phenoxy) is 1. The van der Waals surface area contributed by atoms with Crippen molar-refractivity contribution in [3.05, 3.63) is 130 Å². The van der Waals surface area contributed by atoms with Crippen LogP contribution < -0.4 is 20.7 Å². The summed E-state index contributed by atoms with van der Waals surface area (Å²) in [4.78, 5) is 53.4. The van der Waals surface area contributed by atoms with Crippen molar-refractivity contribution in [2.75, 3.05) is 39.3 Å². The summed E-state index contributed by atoms with van der Waals surface area (Å²) >= 11 is 6.11. The molecule has 3 N–H and O–H groups in total. The molecule has 1 saturated carbocycles. The maximum absolute atomic E-state index is 14.1. The van der Waals surface area contributed by atoms with Gasteiger partial charge >= 0.3 is 0 Å². The zero-order valence-electron chi connectivity index (χ0n) is 36.4. The lowest BCUT2D eigenvalue weighted by molar-refractivity contribution is -0.134. The van der Waals surface area contributed by atoms with E-state index in [1.807, 2.05) is 30.3 Å². The van der Waals surface area contributed by atoms with Crippen molar-refractivity contribution in [1.29, 1.82) is 0 Å². The Hall–Kier alpha value is -5.38. The van der Waals surface area contributed by atoms with Crippen LogP contribution in [0.3, 0.4) is 0 Å². The first-order valence-corrected chi connectivity index (χ1v) is 24.5. The molecule has 8 rings (SSSR count). The molecule has 13 nitrogen and oxygen atoms in total. The minimum absolute atomic E-state index is 0.0854. The van der Waals surface area contributed by atoms with E-state index in [1.54, 1.807) is 71.2 Å². The molecule has 2 aliphatic heterocycles. The van der Waals surface area contributed by atoms with Gasteiger partial charge in [0.2, 0.25) is 21.8 Å². The quantitative estimate of drug-likeness (QED) is 0.0426. The number of sulfonamides is 1. The minimum atomic E-state index is -3.84. The van der Waals surface area contributed by atoms with Gasteiger partial charge in [0.25, 0.3) is 5.91 Å². The van der Waals surface area contributed by atoms with Gasteiger partial charge in [-0.2, -0.15) is 4.31 Å². The van der Waals surface area contributed by atoms with Crippen LogP contribution in [0, 0.1) is 5.92 Å². The number of nitrogens with zero attached hydrogens (tertiary/aromatic N) is 2. The summed E-state index contributed by atoms with van der Waals surface area (Å²) in [6, 6.07) is 26.4. The Morgan fingerprint density at radius 1 is 0.831 bits per heavy atom. The van der Waals surface area contributed by atoms with Gasteiger partial charge in [-0.1, -0.05) is 60.8 Å². The second-order valence-corrected chi connectivity index (χ2v) is 19.8. The van der Waals surface area contributed by atoms with Gasteiger partial charge in [-0.05, 0) is 123 Å². The first kappa shape index (κ1) is 46.2. The number of carbonyl (C=O) groups is 4. The Morgan fingerprint density at radius 3 is 2.25 bits per heavy atom. The first-order valence-electron chi connectivity index (χ1n) is 22.7. The van der Waals surface area contributed by atoms with Gasteiger partial charge in [-0.15, -0.1) is 0 Å². The van der Waals surface area contributed by atoms with E-state index in [0.29, 0.717) is 65.9 Å². The van der Waals surface area contributed by atoms with Crippen molar-refractivity contribution in [1.82, 2.24) is 25.2 Å². The molecule has 65 heavy (non-hydrogen) atoms. The van der Waals surface area contributed by atoms with Crippen LogP contribution in [0.15, 0.2) is 107 Å². The highest BCUT2D eigenvalue weighted by molar-refractivity contribution is 7.89. The fourth-order valence-corrected chi connectivity index (χ4v) is 11.0. The van der Waals surface area contributed by atoms with Crippen LogP contribution in [0.5, 0.6) is 5.75 Å². The van der Waals surface area contributed by atoms with Gasteiger partial charge in [0.05, 0.1) is 30.2 Å². The molecule has 0 bridgehead atoms. The van der Waals surface area contributed by atoms with Crippen LogP contribution in [0.25, 0.3) is 11.0 Å². The molecule has 5 aromatic rings. The number of carbonyl (C=O) groups excluding carboxylic acids is 4. The second-order valence-electron chi connectivity index (χ2n) is 17.4. The molecule has 3 heterocycles. The zero-order chi connectivity index (χ0) is 45.3. The maximum Gasteiger partial charge on any atom is 0.251 e. The summed E-state index contributed by atoms with van der Waals surface area (Å²) in [6.45, 7) is 4.30. The molecule has 3 amide bonds. The molecule has 342 valence electrons. The molecule has 0 radical (unpaired) electrons. The summed E-state index contributed by atoms with van der Waals surface area (Å²) < 4.78 is 41.5. The minimum Gasteiger partial charge on any atom is -0.494 e. The van der Waals surface area contributed by atoms with Crippen LogP contribution >= 0.6 is 11.6 Å². The fraction of sp³-hybridized carbons (Fsp3) is 0.400. The Morgan fingerprint density at radius 2 is 1.52 bits per heavy atom. The number of benzene rings is 4. The Kier molecular flexibility index (Phi) is 15.1. The third-order valence-corrected chi connectivity index (χ3v) is 15.0. The van der Waals surface area contributed by atoms with Crippen LogP contribution in [-0.4, -0.2) is 86.5 Å². The number of rotatable bonds is 19. The number of piperidine rings is 2. The predicted octanol–water partition coefficient (Wildman–Crippen LogP) is 7.62. The lowest BCUT2D eigenvalue weighted by Crippen LogP contribution is -2.39. The Bertz CT molecular complexity index is 2570. The number of hydrogen-bond acceptors (Lipinski definition) is 10. The van der Waals surface area contributed by atoms with Gasteiger partial charge in [-0.3, -0.25) is 29.4 Å². The summed E-state index contributed by atoms with van der Waals surface area (Å²) in [7, 11) is -3.84. The van der Waals surface area contributed by atoms with Crippen molar-refractivity contribution in [3.8, 4) is 5.75 Å². The highest BCUT2D eigenvalue weighted by Crippen LogP contribution is 2.35. The summed E-state index contributed by atoms with van der Waals surface area (Å²) in [5.74, 6) is -0.308. The average Bonchev–Trinajstić information content (AvgIpc) is 4.00. The summed E-state index contributed by atoms with van der Waals surface area (Å²) in [6.07, 6.45) is 8.47. The number of fused-ring (bicyclic) bond motifs is 1. The summed E-state index contributed by atoms with van der Waals surface area (Å²) in [5.41, 5.74) is 4.18. The van der Waals surface area contributed by atoms with E-state index in [9.17, 15) is 27.6 Å². The van der Waals surface area contributed by atoms with E-state index >= 15 is 0 Å². The number of halogens is 1. The molecule has 3 fully saturated rings. The fourth-order valence-electron chi connectivity index (χ4n) is 9.19. The van der Waals surface area contributed by atoms with Crippen LogP contribution in [0.4, 0.5) is 0 Å². The van der Waals surface area contributed by atoms with Crippen molar-refractivity contribution in [3.63, 3.8) is 0 Å². The molecular weight excluding hydrogens is 866 g/mol. The van der Waals surface area contributed by atoms with Crippen LogP contribution in [0.2, 0.25) is 5.02 Å². The van der Waals surface area contributed by atoms with Gasteiger partial charge in [-0.25, -0.2) is 8.42 Å². The van der Waals surface area contributed by atoms with E-state index in [1.165, 1.54) is 0 Å². The number of hydrogen-bond donors (Lipinski definition) is 3. The average molecular weight is 923 g/mol. The number of furan rings is 1. The molecule has 1 aliphatic carbocycles. The standard InChI is InChI=1S/C50H56ClN5O8S/c51-39-14-8-35(9-15-39)31-56(40-4-1-2-5-40)65(61,62)42-17-12-37(13-18-42)46(57)32-55(30-36-22-25-52-26-23-36)29-34-6-10-38(11-7-34)49(59)53-24-3-27-63-41-16-20-47-44(28-41)45(33-64-47)43-19-21-48(58)54-50(43)60/h6-18,20,28,33,36,40,43,52H,1-5,19,21-27,29-32H2,(H,53,59)(H,54,58,60). The molecule has 2 saturated heterocycles. The number of nitrogens with one attached hydrogen (secondary N) is 3. The van der Waals surface area contributed by atoms with E-state index in [4.69, 9.17) is 20.8 Å². The van der Waals surface area contributed by atoms with E-state index < -0.39 is 15.9 Å². The Labute approximate surface area is 385 Å². The molecule has 0 spiro atoms. The number of amides is 3. The maximum atomic E-state index is 14.1. The molecule has 15 heteroatoms. The largest absolute Gasteiger partial charge is 0.494 e. The molecular formula is C50H56ClN5O8S. The molecule has 4 aromatic carbocycles. The second kappa shape index (κ2) is 21.3. The van der Waals surface area contributed by atoms with Gasteiger partial charge in [0.15, 0.2) is 5.78 Å². The SMILES string of the molecule is O=C1CCC(c2coc3ccc(OCCCNC(=O)c4ccc(CN(CC(=O)c5ccc(S(=O)(=O)N(Cc6ccc(Cl)cc6)C6CCCC6)cc5)CC5CCNCC5)cc4)cc23)C(=O)N1. The smallest absolute Gasteiger partial charge is 0.251 e. The highest BCUT2D eigenvalue weighted by atomic mass is 35.5. The van der Waals surface area contributed by atoms with Gasteiger partial charge in [0, 0.05) is 65.7 Å². The number of ketones is 1. The van der Waals surface area contributed by atoms with E-state index in [0.717, 1.165) is 80.2 Å². The zero-order valence-corrected chi connectivity index (χ0v) is 38.0.